The molecule has 18 heavy (non-hydrogen) atoms. The highest BCUT2D eigenvalue weighted by molar-refractivity contribution is 5.85. The third-order valence-corrected chi connectivity index (χ3v) is 2.58. The van der Waals surface area contributed by atoms with Gasteiger partial charge in [0.15, 0.2) is 0 Å². The minimum atomic E-state index is -0.720. The van der Waals surface area contributed by atoms with Crippen molar-refractivity contribution in [3.8, 4) is 0 Å². The van der Waals surface area contributed by atoms with Gasteiger partial charge in [-0.05, 0) is 12.1 Å². The largest absolute Gasteiger partial charge is 0.287 e. The monoisotopic (exact) mass is 240 g/mol. The molecule has 0 atom stereocenters. The van der Waals surface area contributed by atoms with Crippen molar-refractivity contribution in [2.75, 3.05) is 0 Å². The van der Waals surface area contributed by atoms with Crippen LogP contribution in [0, 0.1) is 0 Å². The van der Waals surface area contributed by atoms with Crippen LogP contribution in [-0.2, 0) is 0 Å². The summed E-state index contributed by atoms with van der Waals surface area (Å²) in [5.74, 6) is 0. The van der Waals surface area contributed by atoms with Crippen molar-refractivity contribution in [1.82, 2.24) is 9.97 Å². The van der Waals surface area contributed by atoms with Gasteiger partial charge in [0, 0.05) is 12.1 Å². The van der Waals surface area contributed by atoms with Crippen LogP contribution < -0.4 is 21.7 Å². The molecule has 0 unspecified atom stereocenters. The summed E-state index contributed by atoms with van der Waals surface area (Å²) in [7, 11) is 0. The molecule has 1 heterocycles. The summed E-state index contributed by atoms with van der Waals surface area (Å²) in [6.07, 6.45) is 0. The number of fused-ring (bicyclic) bond motifs is 2. The van der Waals surface area contributed by atoms with Gasteiger partial charge in [-0.25, -0.2) is 9.97 Å². The van der Waals surface area contributed by atoms with Crippen LogP contribution in [-0.4, -0.2) is 9.97 Å². The molecule has 6 nitrogen and oxygen atoms in total. The van der Waals surface area contributed by atoms with Crippen LogP contribution in [0.5, 0.6) is 0 Å². The molecule has 0 aliphatic heterocycles. The highest BCUT2D eigenvalue weighted by Crippen LogP contribution is 2.07. The van der Waals surface area contributed by atoms with Crippen LogP contribution in [0.1, 0.15) is 0 Å². The SMILES string of the molecule is O=c1cc2nc3c(=O)ccc(=O)c3nc2cc1=O. The summed E-state index contributed by atoms with van der Waals surface area (Å²) in [6, 6.07) is 4.23. The van der Waals surface area contributed by atoms with E-state index in [0.29, 0.717) is 0 Å². The number of aromatic nitrogens is 2. The van der Waals surface area contributed by atoms with E-state index in [-0.39, 0.29) is 22.1 Å². The fraction of sp³-hybridized carbons (Fsp3) is 0. The molecule has 6 heteroatoms. The molecule has 0 spiro atoms. The number of rotatable bonds is 0. The van der Waals surface area contributed by atoms with Crippen molar-refractivity contribution in [2.45, 2.75) is 0 Å². The van der Waals surface area contributed by atoms with Crippen molar-refractivity contribution in [3.63, 3.8) is 0 Å². The van der Waals surface area contributed by atoms with E-state index in [1.54, 1.807) is 0 Å². The van der Waals surface area contributed by atoms with Crippen molar-refractivity contribution < 1.29 is 0 Å². The van der Waals surface area contributed by atoms with Crippen molar-refractivity contribution in [2.24, 2.45) is 0 Å². The summed E-state index contributed by atoms with van der Waals surface area (Å²) < 4.78 is 0. The van der Waals surface area contributed by atoms with Gasteiger partial charge in [-0.3, -0.25) is 19.2 Å². The van der Waals surface area contributed by atoms with Crippen LogP contribution >= 0.6 is 0 Å². The maximum absolute atomic E-state index is 11.5. The second kappa shape index (κ2) is 3.36. The number of hydrogen-bond acceptors (Lipinski definition) is 6. The van der Waals surface area contributed by atoms with E-state index in [9.17, 15) is 19.2 Å². The van der Waals surface area contributed by atoms with Gasteiger partial charge in [0.1, 0.15) is 11.0 Å². The van der Waals surface area contributed by atoms with E-state index in [4.69, 9.17) is 0 Å². The topological polar surface area (TPSA) is 94.1 Å². The van der Waals surface area contributed by atoms with E-state index in [0.717, 1.165) is 24.3 Å². The van der Waals surface area contributed by atoms with Crippen LogP contribution in [0.25, 0.3) is 22.1 Å². The molecular formula is C12H4N2O4. The summed E-state index contributed by atoms with van der Waals surface area (Å²) in [6.45, 7) is 0. The van der Waals surface area contributed by atoms with Crippen LogP contribution in [0.4, 0.5) is 0 Å². The maximum atomic E-state index is 11.5. The first kappa shape index (κ1) is 10.4. The quantitative estimate of drug-likeness (QED) is 0.373. The van der Waals surface area contributed by atoms with E-state index < -0.39 is 21.7 Å². The molecule has 1 aromatic heterocycles. The zero-order chi connectivity index (χ0) is 12.9. The Morgan fingerprint density at radius 2 is 1.00 bits per heavy atom. The first-order valence-corrected chi connectivity index (χ1v) is 5.03. The van der Waals surface area contributed by atoms with E-state index >= 15 is 0 Å². The minimum absolute atomic E-state index is 0.0898. The highest BCUT2D eigenvalue weighted by atomic mass is 16.2. The van der Waals surface area contributed by atoms with Gasteiger partial charge in [-0.2, -0.15) is 0 Å². The Hall–Kier alpha value is -2.76. The number of benzene rings is 2. The summed E-state index contributed by atoms with van der Waals surface area (Å²) in [5, 5.41) is 0. The molecule has 86 valence electrons. The Morgan fingerprint density at radius 3 is 1.39 bits per heavy atom. The Morgan fingerprint density at radius 1 is 0.611 bits per heavy atom. The molecule has 0 bridgehead atoms. The molecule has 3 aromatic rings. The molecule has 0 radical (unpaired) electrons. The molecule has 0 saturated heterocycles. The first-order chi connectivity index (χ1) is 8.56. The smallest absolute Gasteiger partial charge is 0.228 e. The lowest BCUT2D eigenvalue weighted by molar-refractivity contribution is 1.34. The van der Waals surface area contributed by atoms with Crippen molar-refractivity contribution in [3.05, 3.63) is 65.2 Å². The molecule has 0 N–H and O–H groups in total. The van der Waals surface area contributed by atoms with Crippen LogP contribution in [0.3, 0.4) is 0 Å². The lowest BCUT2D eigenvalue weighted by Crippen LogP contribution is -2.22. The summed E-state index contributed by atoms with van der Waals surface area (Å²) >= 11 is 0. The predicted molar refractivity (Wildman–Crippen MR) is 64.5 cm³/mol. The molecule has 0 saturated carbocycles. The van der Waals surface area contributed by atoms with Crippen LogP contribution in [0.2, 0.25) is 0 Å². The Kier molecular flexibility index (Phi) is 1.94. The normalized spacial score (nSPS) is 11.1. The molecule has 0 aliphatic rings. The number of nitrogens with zero attached hydrogens (tertiary/aromatic N) is 2. The van der Waals surface area contributed by atoms with E-state index in [1.807, 2.05) is 0 Å². The molecule has 0 fully saturated rings. The van der Waals surface area contributed by atoms with Gasteiger partial charge >= 0.3 is 0 Å². The van der Waals surface area contributed by atoms with Gasteiger partial charge in [0.05, 0.1) is 11.0 Å². The van der Waals surface area contributed by atoms with Gasteiger partial charge in [0.25, 0.3) is 0 Å². The lowest BCUT2D eigenvalue weighted by Gasteiger charge is -1.97. The second-order valence-corrected chi connectivity index (χ2v) is 3.77. The molecule has 2 aromatic carbocycles. The van der Waals surface area contributed by atoms with E-state index in [2.05, 4.69) is 9.97 Å². The fourth-order valence-corrected chi connectivity index (χ4v) is 1.72. The van der Waals surface area contributed by atoms with Gasteiger partial charge in [-0.1, -0.05) is 0 Å². The summed E-state index contributed by atoms with van der Waals surface area (Å²) in [4.78, 5) is 53.3. The average Bonchev–Trinajstić information content (AvgIpc) is 2.34. The first-order valence-electron chi connectivity index (χ1n) is 5.03. The van der Waals surface area contributed by atoms with Gasteiger partial charge in [-0.15, -0.1) is 0 Å². The van der Waals surface area contributed by atoms with Gasteiger partial charge < -0.3 is 0 Å². The number of hydrogen-bond donors (Lipinski definition) is 0. The second-order valence-electron chi connectivity index (χ2n) is 3.77. The average molecular weight is 240 g/mol. The highest BCUT2D eigenvalue weighted by Gasteiger charge is 2.09. The molecule has 0 amide bonds. The van der Waals surface area contributed by atoms with E-state index in [1.165, 1.54) is 0 Å². The summed E-state index contributed by atoms with van der Waals surface area (Å²) in [5.41, 5.74) is -2.25. The predicted octanol–water partition coefficient (Wildman–Crippen LogP) is -0.901. The fourth-order valence-electron chi connectivity index (χ4n) is 1.72. The molecular weight excluding hydrogens is 236 g/mol. The lowest BCUT2D eigenvalue weighted by atomic mass is 10.2. The zero-order valence-electron chi connectivity index (χ0n) is 8.84. The Balaban J connectivity index is 2.68. The van der Waals surface area contributed by atoms with Crippen LogP contribution in [0.15, 0.2) is 43.4 Å². The third-order valence-electron chi connectivity index (χ3n) is 2.58. The van der Waals surface area contributed by atoms with Gasteiger partial charge in [0.2, 0.25) is 21.7 Å². The van der Waals surface area contributed by atoms with Crippen molar-refractivity contribution >= 4 is 22.1 Å². The molecule has 3 rings (SSSR count). The minimum Gasteiger partial charge on any atom is -0.287 e. The zero-order valence-corrected chi connectivity index (χ0v) is 8.84. The maximum Gasteiger partial charge on any atom is 0.228 e. The van der Waals surface area contributed by atoms with Crippen molar-refractivity contribution in [1.29, 1.82) is 0 Å². The molecule has 0 aliphatic carbocycles. The Labute approximate surface area is 97.9 Å². The Bertz CT molecular complexity index is 919. The third kappa shape index (κ3) is 1.36. The standard InChI is InChI=1S/C12H4N2O4/c15-7-1-2-8(16)12-11(7)13-5-3-9(17)10(18)4-6(5)14-12/h1-4H.